The van der Waals surface area contributed by atoms with Crippen molar-refractivity contribution in [3.05, 3.63) is 17.1 Å². The molecular formula is C14H25N3O. The third-order valence-corrected chi connectivity index (χ3v) is 3.08. The van der Waals surface area contributed by atoms with Crippen molar-refractivity contribution < 1.29 is 4.74 Å². The van der Waals surface area contributed by atoms with Crippen LogP contribution in [0.5, 0.6) is 0 Å². The molecule has 0 bridgehead atoms. The Kier molecular flexibility index (Phi) is 6.05. The Morgan fingerprint density at radius 2 is 1.94 bits per heavy atom. The van der Waals surface area contributed by atoms with Gasteiger partial charge in [0.25, 0.3) is 0 Å². The van der Waals surface area contributed by atoms with Gasteiger partial charge in [0.15, 0.2) is 5.82 Å². The molecule has 102 valence electrons. The summed E-state index contributed by atoms with van der Waals surface area (Å²) in [5, 5.41) is 3.37. The van der Waals surface area contributed by atoms with Gasteiger partial charge in [0, 0.05) is 24.9 Å². The smallest absolute Gasteiger partial charge is 0.159 e. The van der Waals surface area contributed by atoms with Crippen LogP contribution in [0.2, 0.25) is 0 Å². The summed E-state index contributed by atoms with van der Waals surface area (Å²) < 4.78 is 5.43. The molecule has 0 aromatic carbocycles. The van der Waals surface area contributed by atoms with Crippen molar-refractivity contribution in [1.82, 2.24) is 9.97 Å². The topological polar surface area (TPSA) is 47.0 Å². The third-order valence-electron chi connectivity index (χ3n) is 3.08. The monoisotopic (exact) mass is 251 g/mol. The minimum Gasteiger partial charge on any atom is -0.373 e. The first-order valence-electron chi connectivity index (χ1n) is 6.81. The van der Waals surface area contributed by atoms with Crippen molar-refractivity contribution in [3.8, 4) is 0 Å². The number of anilines is 1. The number of aromatic nitrogens is 2. The highest BCUT2D eigenvalue weighted by atomic mass is 16.5. The molecule has 0 aliphatic heterocycles. The molecule has 0 spiro atoms. The Morgan fingerprint density at radius 1 is 1.22 bits per heavy atom. The van der Waals surface area contributed by atoms with Gasteiger partial charge in [0.2, 0.25) is 0 Å². The van der Waals surface area contributed by atoms with Gasteiger partial charge in [-0.1, -0.05) is 20.8 Å². The molecule has 4 heteroatoms. The van der Waals surface area contributed by atoms with Crippen LogP contribution in [0.15, 0.2) is 0 Å². The van der Waals surface area contributed by atoms with Gasteiger partial charge in [0.05, 0.1) is 0 Å². The zero-order valence-corrected chi connectivity index (χ0v) is 12.2. The van der Waals surface area contributed by atoms with Gasteiger partial charge in [0.1, 0.15) is 11.9 Å². The van der Waals surface area contributed by atoms with Crippen LogP contribution < -0.4 is 5.32 Å². The summed E-state index contributed by atoms with van der Waals surface area (Å²) in [4.78, 5) is 9.24. The standard InChI is InChI=1S/C14H25N3O/c1-6-9-15-13-10(4)11(7-2)16-14(17-13)12(8-3)18-5/h12H,6-9H2,1-5H3,(H,15,16,17). The Labute approximate surface area is 110 Å². The van der Waals surface area contributed by atoms with Gasteiger partial charge in [-0.25, -0.2) is 9.97 Å². The maximum atomic E-state index is 5.43. The van der Waals surface area contributed by atoms with Gasteiger partial charge in [-0.05, 0) is 26.2 Å². The number of methoxy groups -OCH3 is 1. The molecule has 0 amide bonds. The van der Waals surface area contributed by atoms with Crippen molar-refractivity contribution in [2.45, 2.75) is 53.1 Å². The second-order valence-electron chi connectivity index (χ2n) is 4.42. The molecule has 1 aromatic heterocycles. The highest BCUT2D eigenvalue weighted by Gasteiger charge is 2.16. The fraction of sp³-hybridized carbons (Fsp3) is 0.714. The average Bonchev–Trinajstić information content (AvgIpc) is 2.40. The quantitative estimate of drug-likeness (QED) is 0.808. The van der Waals surface area contributed by atoms with E-state index in [-0.39, 0.29) is 6.10 Å². The van der Waals surface area contributed by atoms with Crippen LogP contribution in [0.25, 0.3) is 0 Å². The largest absolute Gasteiger partial charge is 0.373 e. The molecule has 0 radical (unpaired) electrons. The first kappa shape index (κ1) is 14.9. The molecular weight excluding hydrogens is 226 g/mol. The Hall–Kier alpha value is -1.16. The maximum absolute atomic E-state index is 5.43. The predicted molar refractivity (Wildman–Crippen MR) is 75.0 cm³/mol. The fourth-order valence-electron chi connectivity index (χ4n) is 1.94. The molecule has 18 heavy (non-hydrogen) atoms. The zero-order valence-electron chi connectivity index (χ0n) is 12.2. The summed E-state index contributed by atoms with van der Waals surface area (Å²) in [7, 11) is 1.71. The minimum atomic E-state index is -0.0157. The van der Waals surface area contributed by atoms with E-state index < -0.39 is 0 Å². The van der Waals surface area contributed by atoms with Gasteiger partial charge in [-0.15, -0.1) is 0 Å². The van der Waals surface area contributed by atoms with Crippen LogP contribution in [0.4, 0.5) is 5.82 Å². The molecule has 4 nitrogen and oxygen atoms in total. The third kappa shape index (κ3) is 3.42. The average molecular weight is 251 g/mol. The summed E-state index contributed by atoms with van der Waals surface area (Å²) in [6.07, 6.45) is 2.87. The van der Waals surface area contributed by atoms with E-state index in [0.29, 0.717) is 0 Å². The molecule has 1 unspecified atom stereocenters. The van der Waals surface area contributed by atoms with E-state index in [9.17, 15) is 0 Å². The second kappa shape index (κ2) is 7.31. The number of hydrogen-bond donors (Lipinski definition) is 1. The lowest BCUT2D eigenvalue weighted by Gasteiger charge is -2.17. The van der Waals surface area contributed by atoms with Gasteiger partial charge in [-0.2, -0.15) is 0 Å². The number of aryl methyl sites for hydroxylation is 1. The van der Waals surface area contributed by atoms with Crippen molar-refractivity contribution in [2.75, 3.05) is 19.0 Å². The maximum Gasteiger partial charge on any atom is 0.159 e. The van der Waals surface area contributed by atoms with E-state index in [1.54, 1.807) is 7.11 Å². The van der Waals surface area contributed by atoms with Crippen LogP contribution in [0, 0.1) is 6.92 Å². The van der Waals surface area contributed by atoms with Crippen molar-refractivity contribution in [1.29, 1.82) is 0 Å². The molecule has 0 aliphatic rings. The number of hydrogen-bond acceptors (Lipinski definition) is 4. The Balaban J connectivity index is 3.12. The number of nitrogens with one attached hydrogen (secondary N) is 1. The van der Waals surface area contributed by atoms with Crippen LogP contribution in [-0.2, 0) is 11.2 Å². The van der Waals surface area contributed by atoms with Gasteiger partial charge in [-0.3, -0.25) is 0 Å². The zero-order chi connectivity index (χ0) is 13.5. The van der Waals surface area contributed by atoms with Gasteiger partial charge >= 0.3 is 0 Å². The molecule has 0 saturated heterocycles. The van der Waals surface area contributed by atoms with Crippen LogP contribution >= 0.6 is 0 Å². The highest BCUT2D eigenvalue weighted by molar-refractivity contribution is 5.46. The SMILES string of the molecule is CCCNc1nc(C(CC)OC)nc(CC)c1C. The number of ether oxygens (including phenoxy) is 1. The van der Waals surface area contributed by atoms with Crippen LogP contribution in [0.1, 0.15) is 56.8 Å². The lowest BCUT2D eigenvalue weighted by Crippen LogP contribution is -2.13. The molecule has 1 aromatic rings. The number of nitrogens with zero attached hydrogens (tertiary/aromatic N) is 2. The van der Waals surface area contributed by atoms with E-state index in [4.69, 9.17) is 4.74 Å². The normalized spacial score (nSPS) is 12.5. The first-order chi connectivity index (χ1) is 8.67. The molecule has 1 N–H and O–H groups in total. The molecule has 0 saturated carbocycles. The van der Waals surface area contributed by atoms with Crippen molar-refractivity contribution >= 4 is 5.82 Å². The second-order valence-corrected chi connectivity index (χ2v) is 4.42. The molecule has 1 rings (SSSR count). The fourth-order valence-corrected chi connectivity index (χ4v) is 1.94. The summed E-state index contributed by atoms with van der Waals surface area (Å²) in [6.45, 7) is 9.37. The Morgan fingerprint density at radius 3 is 2.44 bits per heavy atom. The van der Waals surface area contributed by atoms with Crippen LogP contribution in [-0.4, -0.2) is 23.6 Å². The van der Waals surface area contributed by atoms with Crippen molar-refractivity contribution in [3.63, 3.8) is 0 Å². The van der Waals surface area contributed by atoms with E-state index in [1.165, 1.54) is 0 Å². The van der Waals surface area contributed by atoms with E-state index in [0.717, 1.165) is 48.7 Å². The highest BCUT2D eigenvalue weighted by Crippen LogP contribution is 2.22. The lowest BCUT2D eigenvalue weighted by molar-refractivity contribution is 0.0925. The molecule has 0 fully saturated rings. The predicted octanol–water partition coefficient (Wildman–Crippen LogP) is 3.27. The summed E-state index contributed by atoms with van der Waals surface area (Å²) in [5.41, 5.74) is 2.26. The number of rotatable bonds is 7. The van der Waals surface area contributed by atoms with Crippen molar-refractivity contribution in [2.24, 2.45) is 0 Å². The summed E-state index contributed by atoms with van der Waals surface area (Å²) in [5.74, 6) is 1.75. The Bertz CT molecular complexity index is 376. The van der Waals surface area contributed by atoms with Crippen LogP contribution in [0.3, 0.4) is 0 Å². The molecule has 1 atom stereocenters. The molecule has 1 heterocycles. The van der Waals surface area contributed by atoms with Gasteiger partial charge < -0.3 is 10.1 Å². The van der Waals surface area contributed by atoms with E-state index >= 15 is 0 Å². The summed E-state index contributed by atoms with van der Waals surface area (Å²) in [6, 6.07) is 0. The van der Waals surface area contributed by atoms with E-state index in [2.05, 4.69) is 43.0 Å². The lowest BCUT2D eigenvalue weighted by atomic mass is 10.1. The van der Waals surface area contributed by atoms with E-state index in [1.807, 2.05) is 0 Å². The molecule has 0 aliphatic carbocycles. The summed E-state index contributed by atoms with van der Waals surface area (Å²) >= 11 is 0. The minimum absolute atomic E-state index is 0.0157. The first-order valence-corrected chi connectivity index (χ1v) is 6.81.